The average molecular weight is 306 g/mol. The molecule has 2 heterocycles. The van der Waals surface area contributed by atoms with Gasteiger partial charge in [0.15, 0.2) is 4.77 Å². The Kier molecular flexibility index (Phi) is 4.31. The summed E-state index contributed by atoms with van der Waals surface area (Å²) >= 11 is 5.55. The highest BCUT2D eigenvalue weighted by Gasteiger charge is 2.25. The van der Waals surface area contributed by atoms with Crippen LogP contribution in [0.4, 0.5) is 0 Å². The summed E-state index contributed by atoms with van der Waals surface area (Å²) in [5, 5.41) is 0. The molecule has 0 bridgehead atoms. The summed E-state index contributed by atoms with van der Waals surface area (Å²) in [6.45, 7) is 6.73. The first kappa shape index (κ1) is 14.6. The van der Waals surface area contributed by atoms with Crippen molar-refractivity contribution in [3.63, 3.8) is 0 Å². The molecular formula is C16H22N2O2S. The molecule has 1 aliphatic heterocycles. The Hall–Kier alpha value is -1.33. The molecule has 1 aromatic heterocycles. The van der Waals surface area contributed by atoms with E-state index in [1.807, 2.05) is 12.1 Å². The summed E-state index contributed by atoms with van der Waals surface area (Å²) in [6, 6.07) is 6.46. The Labute approximate surface area is 130 Å². The van der Waals surface area contributed by atoms with Crippen molar-refractivity contribution in [3.05, 3.63) is 23.0 Å². The molecule has 3 rings (SSSR count). The van der Waals surface area contributed by atoms with E-state index < -0.39 is 0 Å². The molecular weight excluding hydrogens is 284 g/mol. The highest BCUT2D eigenvalue weighted by atomic mass is 32.1. The third-order valence-corrected chi connectivity index (χ3v) is 4.53. The third-order valence-electron chi connectivity index (χ3n) is 4.23. The Morgan fingerprint density at radius 1 is 1.52 bits per heavy atom. The Morgan fingerprint density at radius 2 is 2.38 bits per heavy atom. The second kappa shape index (κ2) is 6.20. The normalized spacial score (nSPS) is 20.0. The molecule has 2 aromatic rings. The number of H-pyrrole nitrogens is 1. The van der Waals surface area contributed by atoms with Gasteiger partial charge >= 0.3 is 0 Å². The first-order valence-corrected chi connectivity index (χ1v) is 8.07. The molecule has 1 fully saturated rings. The molecule has 0 aliphatic carbocycles. The van der Waals surface area contributed by atoms with Gasteiger partial charge in [-0.3, -0.25) is 0 Å². The summed E-state index contributed by atoms with van der Waals surface area (Å²) < 4.78 is 14.3. The minimum Gasteiger partial charge on any atom is -0.491 e. The highest BCUT2D eigenvalue weighted by Crippen LogP contribution is 2.32. The lowest BCUT2D eigenvalue weighted by atomic mass is 10.0. The van der Waals surface area contributed by atoms with E-state index >= 15 is 0 Å². The summed E-state index contributed by atoms with van der Waals surface area (Å²) in [4.78, 5) is 3.32. The number of aromatic amines is 1. The molecule has 0 spiro atoms. The van der Waals surface area contributed by atoms with Gasteiger partial charge in [-0.15, -0.1) is 0 Å². The van der Waals surface area contributed by atoms with Crippen LogP contribution in [0.25, 0.3) is 11.0 Å². The molecule has 2 unspecified atom stereocenters. The monoisotopic (exact) mass is 306 g/mol. The third kappa shape index (κ3) is 2.72. The van der Waals surface area contributed by atoms with Gasteiger partial charge in [0.2, 0.25) is 0 Å². The number of ether oxygens (including phenoxy) is 2. The number of rotatable bonds is 5. The first-order chi connectivity index (χ1) is 10.2. The number of para-hydroxylation sites is 1. The zero-order valence-electron chi connectivity index (χ0n) is 12.6. The van der Waals surface area contributed by atoms with Gasteiger partial charge in [0.25, 0.3) is 0 Å². The molecule has 1 N–H and O–H groups in total. The first-order valence-electron chi connectivity index (χ1n) is 7.66. The van der Waals surface area contributed by atoms with Gasteiger partial charge in [0.05, 0.1) is 18.7 Å². The summed E-state index contributed by atoms with van der Waals surface area (Å²) in [5.74, 6) is 1.41. The smallest absolute Gasteiger partial charge is 0.178 e. The zero-order chi connectivity index (χ0) is 14.8. The van der Waals surface area contributed by atoms with Crippen LogP contribution in [0.2, 0.25) is 0 Å². The van der Waals surface area contributed by atoms with Crippen molar-refractivity contribution in [2.45, 2.75) is 32.7 Å². The molecule has 5 heteroatoms. The molecule has 21 heavy (non-hydrogen) atoms. The highest BCUT2D eigenvalue weighted by molar-refractivity contribution is 7.71. The predicted octanol–water partition coefficient (Wildman–Crippen LogP) is 4.09. The van der Waals surface area contributed by atoms with E-state index in [0.29, 0.717) is 12.0 Å². The molecule has 0 radical (unpaired) electrons. The number of hydrogen-bond donors (Lipinski definition) is 1. The number of aromatic nitrogens is 2. The maximum absolute atomic E-state index is 5.83. The molecule has 2 atom stereocenters. The second-order valence-corrected chi connectivity index (χ2v) is 6.05. The summed E-state index contributed by atoms with van der Waals surface area (Å²) in [6.07, 6.45) is 2.09. The van der Waals surface area contributed by atoms with Crippen molar-refractivity contribution >= 4 is 23.3 Å². The number of nitrogens with zero attached hydrogens (tertiary/aromatic N) is 1. The maximum Gasteiger partial charge on any atom is 0.178 e. The van der Waals surface area contributed by atoms with E-state index in [2.05, 4.69) is 29.5 Å². The Balaban J connectivity index is 2.02. The van der Waals surface area contributed by atoms with Crippen molar-refractivity contribution in [2.24, 2.45) is 5.92 Å². The Bertz CT molecular complexity index is 670. The van der Waals surface area contributed by atoms with Crippen molar-refractivity contribution in [2.75, 3.05) is 19.8 Å². The van der Waals surface area contributed by atoms with E-state index in [1.165, 1.54) is 0 Å². The number of hydrogen-bond acceptors (Lipinski definition) is 3. The van der Waals surface area contributed by atoms with Gasteiger partial charge in [-0.25, -0.2) is 0 Å². The minimum atomic E-state index is 0.329. The maximum atomic E-state index is 5.83. The molecule has 114 valence electrons. The van der Waals surface area contributed by atoms with E-state index in [1.54, 1.807) is 0 Å². The number of imidazole rings is 1. The van der Waals surface area contributed by atoms with Gasteiger partial charge in [-0.2, -0.15) is 0 Å². The summed E-state index contributed by atoms with van der Waals surface area (Å²) in [5.41, 5.74) is 2.12. The van der Waals surface area contributed by atoms with Crippen LogP contribution in [0.5, 0.6) is 5.75 Å². The fourth-order valence-electron chi connectivity index (χ4n) is 3.00. The van der Waals surface area contributed by atoms with Gasteiger partial charge in [0.1, 0.15) is 11.3 Å². The van der Waals surface area contributed by atoms with Crippen LogP contribution in [0.3, 0.4) is 0 Å². The lowest BCUT2D eigenvalue weighted by Crippen LogP contribution is -2.16. The Morgan fingerprint density at radius 3 is 3.10 bits per heavy atom. The van der Waals surface area contributed by atoms with Crippen LogP contribution in [0.15, 0.2) is 18.2 Å². The number of benzene rings is 1. The predicted molar refractivity (Wildman–Crippen MR) is 86.5 cm³/mol. The number of nitrogens with one attached hydrogen (secondary N) is 1. The lowest BCUT2D eigenvalue weighted by molar-refractivity contribution is 0.175. The fourth-order valence-corrected chi connectivity index (χ4v) is 3.37. The molecule has 0 saturated carbocycles. The molecule has 0 amide bonds. The summed E-state index contributed by atoms with van der Waals surface area (Å²) in [7, 11) is 0. The minimum absolute atomic E-state index is 0.329. The molecule has 1 aliphatic rings. The zero-order valence-corrected chi connectivity index (χ0v) is 13.4. The van der Waals surface area contributed by atoms with Gasteiger partial charge in [0, 0.05) is 18.6 Å². The van der Waals surface area contributed by atoms with Crippen LogP contribution in [0.1, 0.15) is 32.7 Å². The van der Waals surface area contributed by atoms with Crippen LogP contribution in [0, 0.1) is 10.7 Å². The van der Waals surface area contributed by atoms with Crippen LogP contribution in [-0.2, 0) is 4.74 Å². The SMILES string of the molecule is CCCOc1cccc2c1[nH]c(=S)n2C(C)C1CCOC1. The standard InChI is InChI=1S/C16H22N2O2S/c1-3-8-20-14-6-4-5-13-15(14)17-16(21)18(13)11(2)12-7-9-19-10-12/h4-6,11-12H,3,7-10H2,1-2H3,(H,17,21). The van der Waals surface area contributed by atoms with Gasteiger partial charge in [-0.05, 0) is 44.1 Å². The molecule has 4 nitrogen and oxygen atoms in total. The van der Waals surface area contributed by atoms with E-state index in [0.717, 1.165) is 54.2 Å². The van der Waals surface area contributed by atoms with E-state index in [-0.39, 0.29) is 0 Å². The fraction of sp³-hybridized carbons (Fsp3) is 0.562. The largest absolute Gasteiger partial charge is 0.491 e. The van der Waals surface area contributed by atoms with Crippen LogP contribution in [-0.4, -0.2) is 29.4 Å². The van der Waals surface area contributed by atoms with Crippen LogP contribution < -0.4 is 4.74 Å². The quantitative estimate of drug-likeness (QED) is 0.846. The second-order valence-electron chi connectivity index (χ2n) is 5.66. The lowest BCUT2D eigenvalue weighted by Gasteiger charge is -2.20. The topological polar surface area (TPSA) is 39.2 Å². The molecule has 1 aromatic carbocycles. The molecule has 1 saturated heterocycles. The van der Waals surface area contributed by atoms with E-state index in [9.17, 15) is 0 Å². The van der Waals surface area contributed by atoms with Crippen molar-refractivity contribution in [1.82, 2.24) is 9.55 Å². The van der Waals surface area contributed by atoms with Gasteiger partial charge < -0.3 is 19.0 Å². The van der Waals surface area contributed by atoms with Crippen molar-refractivity contribution < 1.29 is 9.47 Å². The average Bonchev–Trinajstić information content (AvgIpc) is 3.11. The van der Waals surface area contributed by atoms with Gasteiger partial charge in [-0.1, -0.05) is 13.0 Å². The van der Waals surface area contributed by atoms with E-state index in [4.69, 9.17) is 21.7 Å². The van der Waals surface area contributed by atoms with Crippen molar-refractivity contribution in [1.29, 1.82) is 0 Å². The van der Waals surface area contributed by atoms with Crippen molar-refractivity contribution in [3.8, 4) is 5.75 Å². The number of fused-ring (bicyclic) bond motifs is 1. The van der Waals surface area contributed by atoms with Crippen LogP contribution >= 0.6 is 12.2 Å².